The third-order valence-corrected chi connectivity index (χ3v) is 3.11. The Balaban J connectivity index is 2.87. The lowest BCUT2D eigenvalue weighted by molar-refractivity contribution is 0.112. The maximum Gasteiger partial charge on any atom is 0.150 e. The molecule has 0 unspecified atom stereocenters. The summed E-state index contributed by atoms with van der Waals surface area (Å²) >= 11 is 12.0. The molecule has 0 saturated carbocycles. The fraction of sp³-hybridized carbons (Fsp3) is 0.231. The molecular weight excluding hydrogens is 257 g/mol. The highest BCUT2D eigenvalue weighted by Gasteiger charge is 2.11. The van der Waals surface area contributed by atoms with Crippen LogP contribution >= 0.6 is 23.2 Å². The highest BCUT2D eigenvalue weighted by Crippen LogP contribution is 2.30. The number of pyridine rings is 1. The Morgan fingerprint density at radius 3 is 2.53 bits per heavy atom. The lowest BCUT2D eigenvalue weighted by Crippen LogP contribution is -1.97. The highest BCUT2D eigenvalue weighted by atomic mass is 35.5. The molecule has 0 radical (unpaired) electrons. The van der Waals surface area contributed by atoms with E-state index >= 15 is 0 Å². The SMILES string of the molecule is CC(C)c1cc(C=O)c2cc(Cl)cc(Cl)c2n1. The zero-order valence-electron chi connectivity index (χ0n) is 9.50. The van der Waals surface area contributed by atoms with Gasteiger partial charge >= 0.3 is 0 Å². The minimum absolute atomic E-state index is 0.241. The summed E-state index contributed by atoms with van der Waals surface area (Å²) in [5.74, 6) is 0.241. The molecule has 2 rings (SSSR count). The van der Waals surface area contributed by atoms with Crippen molar-refractivity contribution in [3.05, 3.63) is 39.5 Å². The fourth-order valence-electron chi connectivity index (χ4n) is 1.69. The van der Waals surface area contributed by atoms with Gasteiger partial charge in [-0.2, -0.15) is 0 Å². The van der Waals surface area contributed by atoms with Crippen molar-refractivity contribution in [2.24, 2.45) is 0 Å². The number of hydrogen-bond donors (Lipinski definition) is 0. The number of carbonyl (C=O) groups excluding carboxylic acids is 1. The second kappa shape index (κ2) is 4.63. The first-order chi connectivity index (χ1) is 8.02. The van der Waals surface area contributed by atoms with Crippen molar-refractivity contribution in [3.8, 4) is 0 Å². The molecule has 1 aromatic heterocycles. The standard InChI is InChI=1S/C13H11Cl2NO/c1-7(2)12-3-8(6-17)10-4-9(14)5-11(15)13(10)16-12/h3-7H,1-2H3. The zero-order valence-corrected chi connectivity index (χ0v) is 11.0. The van der Waals surface area contributed by atoms with Crippen molar-refractivity contribution in [1.82, 2.24) is 4.98 Å². The first-order valence-electron chi connectivity index (χ1n) is 5.27. The van der Waals surface area contributed by atoms with Gasteiger partial charge in [-0.05, 0) is 24.1 Å². The summed E-state index contributed by atoms with van der Waals surface area (Å²) in [7, 11) is 0. The van der Waals surface area contributed by atoms with Gasteiger partial charge in [0.05, 0.1) is 10.5 Å². The highest BCUT2D eigenvalue weighted by molar-refractivity contribution is 6.38. The number of nitrogens with zero attached hydrogens (tertiary/aromatic N) is 1. The van der Waals surface area contributed by atoms with E-state index in [0.29, 0.717) is 26.5 Å². The van der Waals surface area contributed by atoms with Crippen molar-refractivity contribution in [2.45, 2.75) is 19.8 Å². The number of benzene rings is 1. The Morgan fingerprint density at radius 2 is 1.94 bits per heavy atom. The lowest BCUT2D eigenvalue weighted by atomic mass is 10.0. The molecule has 0 N–H and O–H groups in total. The summed E-state index contributed by atoms with van der Waals surface area (Å²) in [4.78, 5) is 15.6. The van der Waals surface area contributed by atoms with Crippen LogP contribution in [0.3, 0.4) is 0 Å². The predicted octanol–water partition coefficient (Wildman–Crippen LogP) is 4.48. The number of aromatic nitrogens is 1. The summed E-state index contributed by atoms with van der Waals surface area (Å²) < 4.78 is 0. The summed E-state index contributed by atoms with van der Waals surface area (Å²) in [6.45, 7) is 4.04. The first-order valence-corrected chi connectivity index (χ1v) is 6.03. The molecular formula is C13H11Cl2NO. The van der Waals surface area contributed by atoms with Gasteiger partial charge in [-0.1, -0.05) is 37.0 Å². The molecule has 1 aromatic carbocycles. The second-order valence-corrected chi connectivity index (χ2v) is 5.04. The molecule has 0 atom stereocenters. The lowest BCUT2D eigenvalue weighted by Gasteiger charge is -2.09. The molecule has 2 nitrogen and oxygen atoms in total. The number of aldehydes is 1. The molecule has 88 valence electrons. The first kappa shape index (κ1) is 12.3. The van der Waals surface area contributed by atoms with E-state index in [-0.39, 0.29) is 5.92 Å². The molecule has 17 heavy (non-hydrogen) atoms. The maximum absolute atomic E-state index is 11.1. The van der Waals surface area contributed by atoms with Crippen LogP contribution in [0, 0.1) is 0 Å². The molecule has 0 fully saturated rings. The average molecular weight is 268 g/mol. The van der Waals surface area contributed by atoms with E-state index < -0.39 is 0 Å². The van der Waals surface area contributed by atoms with Crippen LogP contribution < -0.4 is 0 Å². The van der Waals surface area contributed by atoms with Gasteiger partial charge in [-0.15, -0.1) is 0 Å². The second-order valence-electron chi connectivity index (χ2n) is 4.19. The number of fused-ring (bicyclic) bond motifs is 1. The molecule has 2 aromatic rings. The van der Waals surface area contributed by atoms with Crippen LogP contribution in [0.25, 0.3) is 10.9 Å². The van der Waals surface area contributed by atoms with Gasteiger partial charge in [-0.3, -0.25) is 9.78 Å². The van der Waals surface area contributed by atoms with Crippen LogP contribution in [0.4, 0.5) is 0 Å². The Kier molecular flexibility index (Phi) is 3.36. The smallest absolute Gasteiger partial charge is 0.150 e. The normalized spacial score (nSPS) is 11.1. The van der Waals surface area contributed by atoms with E-state index in [9.17, 15) is 4.79 Å². The summed E-state index contributed by atoms with van der Waals surface area (Å²) in [5, 5.41) is 1.67. The molecule has 0 aliphatic rings. The van der Waals surface area contributed by atoms with Crippen LogP contribution in [0.15, 0.2) is 18.2 Å². The van der Waals surface area contributed by atoms with E-state index in [1.165, 1.54) is 0 Å². The maximum atomic E-state index is 11.1. The van der Waals surface area contributed by atoms with E-state index in [2.05, 4.69) is 4.98 Å². The molecule has 0 amide bonds. The van der Waals surface area contributed by atoms with E-state index in [4.69, 9.17) is 23.2 Å². The topological polar surface area (TPSA) is 30.0 Å². The number of hydrogen-bond acceptors (Lipinski definition) is 2. The zero-order chi connectivity index (χ0) is 12.6. The fourth-order valence-corrected chi connectivity index (χ4v) is 2.23. The Morgan fingerprint density at radius 1 is 1.24 bits per heavy atom. The van der Waals surface area contributed by atoms with Crippen molar-refractivity contribution in [2.75, 3.05) is 0 Å². The third-order valence-electron chi connectivity index (χ3n) is 2.60. The van der Waals surface area contributed by atoms with Gasteiger partial charge in [0.15, 0.2) is 6.29 Å². The van der Waals surface area contributed by atoms with Crippen LogP contribution in [0.1, 0.15) is 35.8 Å². The van der Waals surface area contributed by atoms with Crippen molar-refractivity contribution >= 4 is 40.4 Å². The van der Waals surface area contributed by atoms with Crippen LogP contribution in [-0.4, -0.2) is 11.3 Å². The van der Waals surface area contributed by atoms with Gasteiger partial charge in [0.1, 0.15) is 0 Å². The van der Waals surface area contributed by atoms with Crippen molar-refractivity contribution < 1.29 is 4.79 Å². The molecule has 0 bridgehead atoms. The van der Waals surface area contributed by atoms with Crippen molar-refractivity contribution in [1.29, 1.82) is 0 Å². The van der Waals surface area contributed by atoms with Crippen LogP contribution in [-0.2, 0) is 0 Å². The van der Waals surface area contributed by atoms with Gasteiger partial charge in [0.2, 0.25) is 0 Å². The van der Waals surface area contributed by atoms with Gasteiger partial charge < -0.3 is 0 Å². The summed E-state index contributed by atoms with van der Waals surface area (Å²) in [5.41, 5.74) is 2.05. The quantitative estimate of drug-likeness (QED) is 0.752. The predicted molar refractivity (Wildman–Crippen MR) is 71.2 cm³/mol. The molecule has 0 saturated heterocycles. The summed E-state index contributed by atoms with van der Waals surface area (Å²) in [6, 6.07) is 5.13. The monoisotopic (exact) mass is 267 g/mol. The molecule has 1 heterocycles. The van der Waals surface area contributed by atoms with Crippen molar-refractivity contribution in [3.63, 3.8) is 0 Å². The number of carbonyl (C=O) groups is 1. The van der Waals surface area contributed by atoms with Crippen LogP contribution in [0.2, 0.25) is 10.0 Å². The number of rotatable bonds is 2. The van der Waals surface area contributed by atoms with E-state index in [0.717, 1.165) is 12.0 Å². The Labute approximate surface area is 110 Å². The largest absolute Gasteiger partial charge is 0.298 e. The van der Waals surface area contributed by atoms with Gasteiger partial charge in [0.25, 0.3) is 0 Å². The average Bonchev–Trinajstić information content (AvgIpc) is 2.27. The molecule has 4 heteroatoms. The Bertz CT molecular complexity index is 593. The molecule has 0 spiro atoms. The van der Waals surface area contributed by atoms with Crippen LogP contribution in [0.5, 0.6) is 0 Å². The van der Waals surface area contributed by atoms with Gasteiger partial charge in [-0.25, -0.2) is 0 Å². The summed E-state index contributed by atoms with van der Waals surface area (Å²) in [6.07, 6.45) is 0.808. The van der Waals surface area contributed by atoms with E-state index in [1.54, 1.807) is 18.2 Å². The molecule has 0 aliphatic heterocycles. The minimum atomic E-state index is 0.241. The molecule has 0 aliphatic carbocycles. The van der Waals surface area contributed by atoms with E-state index in [1.807, 2.05) is 13.8 Å². The van der Waals surface area contributed by atoms with Gasteiger partial charge in [0, 0.05) is 21.7 Å². The number of halogens is 2. The third kappa shape index (κ3) is 2.28. The minimum Gasteiger partial charge on any atom is -0.298 e. The Hall–Kier alpha value is -1.12.